The van der Waals surface area contributed by atoms with E-state index in [1.54, 1.807) is 0 Å². The Morgan fingerprint density at radius 2 is 1.41 bits per heavy atom. The molecule has 8 nitrogen and oxygen atoms in total. The quantitative estimate of drug-likeness (QED) is 0.260. The second kappa shape index (κ2) is 13.5. The molecule has 0 aliphatic carbocycles. The number of carbonyl (C=O) groups excluding carboxylic acids is 1. The number of imidazole rings is 1. The van der Waals surface area contributed by atoms with Gasteiger partial charge in [-0.3, -0.25) is 9.69 Å². The Balaban J connectivity index is 0.938. The number of hydrogen-bond donors (Lipinski definition) is 1. The van der Waals surface area contributed by atoms with Gasteiger partial charge in [-0.05, 0) is 98.0 Å². The third-order valence-corrected chi connectivity index (χ3v) is 9.55. The largest absolute Gasteiger partial charge is 0.379 e. The summed E-state index contributed by atoms with van der Waals surface area (Å²) in [6, 6.07) is 22.9. The smallest absolute Gasteiger partial charge is 0.167 e. The van der Waals surface area contributed by atoms with Crippen molar-refractivity contribution >= 4 is 28.2 Å². The van der Waals surface area contributed by atoms with Crippen LogP contribution >= 0.6 is 0 Å². The van der Waals surface area contributed by atoms with Crippen LogP contribution in [0.2, 0.25) is 0 Å². The van der Waals surface area contributed by atoms with Crippen LogP contribution < -0.4 is 9.80 Å². The van der Waals surface area contributed by atoms with E-state index in [0.29, 0.717) is 6.42 Å². The summed E-state index contributed by atoms with van der Waals surface area (Å²) in [5, 5.41) is 0. The van der Waals surface area contributed by atoms with Crippen LogP contribution in [0.15, 0.2) is 66.7 Å². The molecule has 8 heteroatoms. The van der Waals surface area contributed by atoms with Gasteiger partial charge in [0.2, 0.25) is 0 Å². The molecule has 0 saturated carbocycles. The average molecular weight is 594 g/mol. The minimum atomic E-state index is 0.120. The Morgan fingerprint density at radius 3 is 2.11 bits per heavy atom. The standard InChI is InChI=1S/C36H43N5O3/c42-35(29-2-6-32(7-3-29)41-19-23-44-24-20-41)26-28-1-10-33-34(25-28)38-36(37-33)30-4-8-31(9-5-30)40-15-12-27(13-16-40)11-14-39-17-21-43-22-18-39/h1-10,25,27H,11-24,26H2,(H,37,38). The van der Waals surface area contributed by atoms with E-state index in [0.717, 1.165) is 111 Å². The molecule has 0 atom stereocenters. The molecule has 44 heavy (non-hydrogen) atoms. The van der Waals surface area contributed by atoms with Crippen molar-refractivity contribution in [1.82, 2.24) is 14.9 Å². The summed E-state index contributed by atoms with van der Waals surface area (Å²) >= 11 is 0. The zero-order chi connectivity index (χ0) is 29.7. The van der Waals surface area contributed by atoms with E-state index in [2.05, 4.69) is 50.0 Å². The van der Waals surface area contributed by atoms with Gasteiger partial charge >= 0.3 is 0 Å². The van der Waals surface area contributed by atoms with Gasteiger partial charge in [-0.25, -0.2) is 4.98 Å². The zero-order valence-electron chi connectivity index (χ0n) is 25.5. The molecule has 3 aliphatic rings. The lowest BCUT2D eigenvalue weighted by atomic mass is 9.93. The molecule has 7 rings (SSSR count). The second-order valence-corrected chi connectivity index (χ2v) is 12.4. The Bertz CT molecular complexity index is 1530. The summed E-state index contributed by atoms with van der Waals surface area (Å²) in [5.41, 5.74) is 7.09. The molecular formula is C36H43N5O3. The summed E-state index contributed by atoms with van der Waals surface area (Å²) in [7, 11) is 0. The number of hydrogen-bond acceptors (Lipinski definition) is 7. The highest BCUT2D eigenvalue weighted by molar-refractivity contribution is 5.98. The molecular weight excluding hydrogens is 550 g/mol. The van der Waals surface area contributed by atoms with Crippen LogP contribution in [-0.2, 0) is 15.9 Å². The van der Waals surface area contributed by atoms with Gasteiger partial charge in [0.25, 0.3) is 0 Å². The Morgan fingerprint density at radius 1 is 0.773 bits per heavy atom. The number of anilines is 2. The number of aromatic nitrogens is 2. The maximum atomic E-state index is 13.1. The molecule has 1 N–H and O–H groups in total. The van der Waals surface area contributed by atoms with Crippen LogP contribution in [0, 0.1) is 5.92 Å². The number of benzene rings is 3. The summed E-state index contributed by atoms with van der Waals surface area (Å²) in [6.45, 7) is 10.7. The van der Waals surface area contributed by atoms with Gasteiger partial charge in [0.05, 0.1) is 37.5 Å². The zero-order valence-corrected chi connectivity index (χ0v) is 25.5. The first-order chi connectivity index (χ1) is 21.7. The summed E-state index contributed by atoms with van der Waals surface area (Å²) in [6.07, 6.45) is 4.19. The number of ether oxygens (including phenoxy) is 2. The minimum absolute atomic E-state index is 0.120. The Kier molecular flexibility index (Phi) is 8.91. The number of carbonyl (C=O) groups is 1. The van der Waals surface area contributed by atoms with Crippen LogP contribution in [-0.4, -0.2) is 92.9 Å². The fourth-order valence-electron chi connectivity index (χ4n) is 6.77. The van der Waals surface area contributed by atoms with Gasteiger partial charge in [0.15, 0.2) is 5.78 Å². The van der Waals surface area contributed by atoms with Crippen molar-refractivity contribution in [1.29, 1.82) is 0 Å². The second-order valence-electron chi connectivity index (χ2n) is 12.4. The Labute approximate surface area is 260 Å². The fourth-order valence-corrected chi connectivity index (χ4v) is 6.77. The summed E-state index contributed by atoms with van der Waals surface area (Å²) in [5.74, 6) is 1.80. The molecule has 3 aromatic carbocycles. The summed E-state index contributed by atoms with van der Waals surface area (Å²) in [4.78, 5) is 28.8. The van der Waals surface area contributed by atoms with Gasteiger partial charge in [-0.15, -0.1) is 0 Å². The number of rotatable bonds is 9. The third-order valence-electron chi connectivity index (χ3n) is 9.55. The minimum Gasteiger partial charge on any atom is -0.379 e. The highest BCUT2D eigenvalue weighted by atomic mass is 16.5. The number of Topliss-reactive ketones (excluding diaryl/α,β-unsaturated/α-hetero) is 1. The van der Waals surface area contributed by atoms with Crippen LogP contribution in [0.3, 0.4) is 0 Å². The summed E-state index contributed by atoms with van der Waals surface area (Å²) < 4.78 is 10.9. The van der Waals surface area contributed by atoms with E-state index in [9.17, 15) is 4.79 Å². The van der Waals surface area contributed by atoms with Gasteiger partial charge in [0.1, 0.15) is 5.82 Å². The average Bonchev–Trinajstić information content (AvgIpc) is 3.52. The van der Waals surface area contributed by atoms with Crippen molar-refractivity contribution in [3.63, 3.8) is 0 Å². The highest BCUT2D eigenvalue weighted by Gasteiger charge is 2.21. The van der Waals surface area contributed by atoms with E-state index < -0.39 is 0 Å². The van der Waals surface area contributed by atoms with Crippen LogP contribution in [0.25, 0.3) is 22.4 Å². The fraction of sp³-hybridized carbons (Fsp3) is 0.444. The van der Waals surface area contributed by atoms with Crippen molar-refractivity contribution in [2.75, 3.05) is 82.0 Å². The lowest BCUT2D eigenvalue weighted by molar-refractivity contribution is 0.0349. The molecule has 0 bridgehead atoms. The molecule has 1 aromatic heterocycles. The third kappa shape index (κ3) is 6.83. The number of morpholine rings is 2. The van der Waals surface area contributed by atoms with Gasteiger partial charge in [0, 0.05) is 68.2 Å². The number of nitrogens with one attached hydrogen (secondary N) is 1. The molecule has 3 saturated heterocycles. The Hall–Kier alpha value is -3.72. The molecule has 3 aliphatic heterocycles. The molecule has 0 radical (unpaired) electrons. The number of nitrogens with zero attached hydrogens (tertiary/aromatic N) is 4. The van der Waals surface area contributed by atoms with Crippen molar-refractivity contribution in [3.05, 3.63) is 77.9 Å². The molecule has 0 spiro atoms. The van der Waals surface area contributed by atoms with Crippen molar-refractivity contribution in [3.8, 4) is 11.4 Å². The van der Waals surface area contributed by atoms with Crippen LogP contribution in [0.1, 0.15) is 35.2 Å². The van der Waals surface area contributed by atoms with E-state index in [1.807, 2.05) is 36.4 Å². The van der Waals surface area contributed by atoms with Crippen LogP contribution in [0.4, 0.5) is 11.4 Å². The maximum absolute atomic E-state index is 13.1. The van der Waals surface area contributed by atoms with Gasteiger partial charge in [-0.2, -0.15) is 0 Å². The van der Waals surface area contributed by atoms with Crippen molar-refractivity contribution in [2.24, 2.45) is 5.92 Å². The molecule has 0 unspecified atom stereocenters. The molecule has 0 amide bonds. The van der Waals surface area contributed by atoms with E-state index in [1.165, 1.54) is 31.5 Å². The first-order valence-corrected chi connectivity index (χ1v) is 16.3. The number of fused-ring (bicyclic) bond motifs is 1. The van der Waals surface area contributed by atoms with E-state index >= 15 is 0 Å². The maximum Gasteiger partial charge on any atom is 0.167 e. The van der Waals surface area contributed by atoms with Gasteiger partial charge in [-0.1, -0.05) is 6.07 Å². The SMILES string of the molecule is O=C(Cc1ccc2nc(-c3ccc(N4CCC(CCN5CCOCC5)CC4)cc3)[nH]c2c1)c1ccc(N2CCOCC2)cc1. The van der Waals surface area contributed by atoms with E-state index in [-0.39, 0.29) is 5.78 Å². The lowest BCUT2D eigenvalue weighted by Gasteiger charge is -2.35. The highest BCUT2D eigenvalue weighted by Crippen LogP contribution is 2.28. The molecule has 230 valence electrons. The molecule has 3 fully saturated rings. The topological polar surface area (TPSA) is 73.9 Å². The van der Waals surface area contributed by atoms with Crippen molar-refractivity contribution in [2.45, 2.75) is 25.7 Å². The molecule has 4 aromatic rings. The van der Waals surface area contributed by atoms with Crippen LogP contribution in [0.5, 0.6) is 0 Å². The lowest BCUT2D eigenvalue weighted by Crippen LogP contribution is -2.39. The number of piperidine rings is 1. The number of aromatic amines is 1. The molecule has 4 heterocycles. The van der Waals surface area contributed by atoms with Crippen molar-refractivity contribution < 1.29 is 14.3 Å². The number of H-pyrrole nitrogens is 1. The first-order valence-electron chi connectivity index (χ1n) is 16.3. The van der Waals surface area contributed by atoms with Gasteiger partial charge < -0.3 is 24.3 Å². The normalized spacial score (nSPS) is 18.6. The predicted molar refractivity (Wildman–Crippen MR) is 176 cm³/mol. The van der Waals surface area contributed by atoms with E-state index in [4.69, 9.17) is 14.5 Å². The number of ketones is 1. The predicted octanol–water partition coefficient (Wildman–Crippen LogP) is 5.43. The first kappa shape index (κ1) is 29.0. The monoisotopic (exact) mass is 593 g/mol.